The summed E-state index contributed by atoms with van der Waals surface area (Å²) in [5.74, 6) is 0. The molecular weight excluding hydrogens is 229 g/mol. The molecule has 1 fully saturated rings. The summed E-state index contributed by atoms with van der Waals surface area (Å²) in [6, 6.07) is 0. The van der Waals surface area contributed by atoms with Crippen molar-refractivity contribution < 1.29 is 47.6 Å². The number of hydrogen-bond donors (Lipinski definition) is 1. The first-order chi connectivity index (χ1) is 6.39. The number of aliphatic hydroxyl groups is 1. The molecule has 0 aromatic heterocycles. The number of hydrogen-bond acceptors (Lipinski definition) is 5. The second-order valence-electron chi connectivity index (χ2n) is 3.74. The third kappa shape index (κ3) is 3.96. The van der Waals surface area contributed by atoms with E-state index in [0.29, 0.717) is 13.1 Å². The zero-order chi connectivity index (χ0) is 10.8. The van der Waals surface area contributed by atoms with Crippen LogP contribution >= 0.6 is 0 Å². The quantitative estimate of drug-likeness (QED) is 0.417. The molecule has 0 amide bonds. The van der Waals surface area contributed by atoms with Gasteiger partial charge in [-0.15, -0.1) is 0 Å². The Morgan fingerprint density at radius 2 is 1.87 bits per heavy atom. The van der Waals surface area contributed by atoms with E-state index in [9.17, 15) is 18.1 Å². The van der Waals surface area contributed by atoms with E-state index in [0.717, 1.165) is 13.0 Å². The molecule has 7 heteroatoms. The summed E-state index contributed by atoms with van der Waals surface area (Å²) in [6.07, 6.45) is 1.04. The minimum absolute atomic E-state index is 0. The Balaban J connectivity index is 0.00000196. The molecule has 1 rings (SSSR count). The van der Waals surface area contributed by atoms with Crippen LogP contribution in [0.25, 0.3) is 0 Å². The van der Waals surface area contributed by atoms with Crippen LogP contribution in [0.3, 0.4) is 0 Å². The van der Waals surface area contributed by atoms with Gasteiger partial charge in [0.15, 0.2) is 4.93 Å². The van der Waals surface area contributed by atoms with E-state index >= 15 is 0 Å². The fraction of sp³-hybridized carbons (Fsp3) is 1.00. The van der Waals surface area contributed by atoms with Crippen molar-refractivity contribution in [1.82, 2.24) is 4.90 Å². The zero-order valence-electron chi connectivity index (χ0n) is 9.27. The Kier molecular flexibility index (Phi) is 6.28. The molecule has 0 spiro atoms. The zero-order valence-corrected chi connectivity index (χ0v) is 12.1. The van der Waals surface area contributed by atoms with E-state index in [1.165, 1.54) is 0 Å². The van der Waals surface area contributed by atoms with Gasteiger partial charge in [-0.05, 0) is 13.0 Å². The average Bonchev–Trinajstić information content (AvgIpc) is 2.08. The monoisotopic (exact) mass is 245 g/mol. The normalized spacial score (nSPS) is 22.1. The minimum Gasteiger partial charge on any atom is -0.746 e. The van der Waals surface area contributed by atoms with Gasteiger partial charge in [0, 0.05) is 25.9 Å². The molecular formula is C8H16NNaO4S. The Labute approximate surface area is 113 Å². The molecule has 0 radical (unpaired) electrons. The summed E-state index contributed by atoms with van der Waals surface area (Å²) in [6.45, 7) is 3.87. The van der Waals surface area contributed by atoms with Crippen molar-refractivity contribution in [3.8, 4) is 0 Å². The SMILES string of the molecule is CCCN1CCC(O)(S(=O)(=O)[O-])CC1.[Na+]. The smallest absolute Gasteiger partial charge is 0.746 e. The van der Waals surface area contributed by atoms with Crippen LogP contribution in [0.2, 0.25) is 0 Å². The Hall–Kier alpha value is 0.830. The van der Waals surface area contributed by atoms with Gasteiger partial charge in [-0.25, -0.2) is 8.42 Å². The summed E-state index contributed by atoms with van der Waals surface area (Å²) >= 11 is 0. The minimum atomic E-state index is -4.58. The fourth-order valence-electron chi connectivity index (χ4n) is 1.69. The van der Waals surface area contributed by atoms with E-state index in [2.05, 4.69) is 4.90 Å². The summed E-state index contributed by atoms with van der Waals surface area (Å²) < 4.78 is 32.2. The van der Waals surface area contributed by atoms with Gasteiger partial charge < -0.3 is 14.6 Å². The van der Waals surface area contributed by atoms with Gasteiger partial charge in [0.25, 0.3) is 0 Å². The Morgan fingerprint density at radius 1 is 1.40 bits per heavy atom. The van der Waals surface area contributed by atoms with Gasteiger partial charge in [-0.3, -0.25) is 0 Å². The van der Waals surface area contributed by atoms with Gasteiger partial charge in [-0.2, -0.15) is 0 Å². The van der Waals surface area contributed by atoms with Crippen molar-refractivity contribution in [2.75, 3.05) is 19.6 Å². The first kappa shape index (κ1) is 15.8. The topological polar surface area (TPSA) is 80.7 Å². The second-order valence-corrected chi connectivity index (χ2v) is 5.41. The van der Waals surface area contributed by atoms with Crippen molar-refractivity contribution in [1.29, 1.82) is 0 Å². The Morgan fingerprint density at radius 3 is 2.20 bits per heavy atom. The van der Waals surface area contributed by atoms with Gasteiger partial charge in [-0.1, -0.05) is 6.92 Å². The molecule has 0 aliphatic carbocycles. The summed E-state index contributed by atoms with van der Waals surface area (Å²) in [7, 11) is -4.58. The molecule has 15 heavy (non-hydrogen) atoms. The molecule has 0 aromatic rings. The standard InChI is InChI=1S/C8H17NO4S.Na/c1-2-5-9-6-3-8(10,4-7-9)14(11,12)13;/h10H,2-7H2,1H3,(H,11,12,13);/q;+1/p-1. The molecule has 1 aliphatic rings. The molecule has 0 unspecified atom stereocenters. The summed E-state index contributed by atoms with van der Waals surface area (Å²) in [5, 5.41) is 9.57. The fourth-order valence-corrected chi connectivity index (χ4v) is 2.37. The van der Waals surface area contributed by atoms with E-state index in [1.54, 1.807) is 0 Å². The number of rotatable bonds is 3. The van der Waals surface area contributed by atoms with Crippen LogP contribution in [-0.4, -0.2) is 47.5 Å². The van der Waals surface area contributed by atoms with E-state index in [1.807, 2.05) is 6.92 Å². The molecule has 84 valence electrons. The van der Waals surface area contributed by atoms with Crippen LogP contribution in [0.5, 0.6) is 0 Å². The molecule has 0 saturated carbocycles. The predicted molar refractivity (Wildman–Crippen MR) is 50.6 cm³/mol. The third-order valence-corrected chi connectivity index (χ3v) is 3.98. The molecule has 0 bridgehead atoms. The van der Waals surface area contributed by atoms with E-state index < -0.39 is 15.1 Å². The largest absolute Gasteiger partial charge is 1.00 e. The summed E-state index contributed by atoms with van der Waals surface area (Å²) in [5.41, 5.74) is 0. The average molecular weight is 245 g/mol. The maximum atomic E-state index is 10.7. The van der Waals surface area contributed by atoms with Crippen molar-refractivity contribution in [2.45, 2.75) is 31.1 Å². The van der Waals surface area contributed by atoms with Gasteiger partial charge >= 0.3 is 29.6 Å². The van der Waals surface area contributed by atoms with Crippen molar-refractivity contribution in [3.63, 3.8) is 0 Å². The summed E-state index contributed by atoms with van der Waals surface area (Å²) in [4.78, 5) is 0.0247. The van der Waals surface area contributed by atoms with Crippen molar-refractivity contribution in [2.24, 2.45) is 0 Å². The number of likely N-dealkylation sites (tertiary alicyclic amines) is 1. The van der Waals surface area contributed by atoms with E-state index in [-0.39, 0.29) is 42.4 Å². The number of piperidine rings is 1. The molecule has 1 saturated heterocycles. The van der Waals surface area contributed by atoms with Gasteiger partial charge in [0.05, 0.1) is 0 Å². The molecule has 0 aromatic carbocycles. The van der Waals surface area contributed by atoms with Gasteiger partial charge in [0.2, 0.25) is 0 Å². The van der Waals surface area contributed by atoms with Crippen LogP contribution < -0.4 is 29.6 Å². The van der Waals surface area contributed by atoms with Crippen LogP contribution in [-0.2, 0) is 10.1 Å². The van der Waals surface area contributed by atoms with Crippen LogP contribution in [0.4, 0.5) is 0 Å². The maximum Gasteiger partial charge on any atom is 1.00 e. The third-order valence-electron chi connectivity index (χ3n) is 2.64. The molecule has 1 aliphatic heterocycles. The van der Waals surface area contributed by atoms with Gasteiger partial charge in [0.1, 0.15) is 10.1 Å². The molecule has 0 atom stereocenters. The van der Waals surface area contributed by atoms with Crippen LogP contribution in [0.15, 0.2) is 0 Å². The number of nitrogens with zero attached hydrogens (tertiary/aromatic N) is 1. The first-order valence-electron chi connectivity index (χ1n) is 4.79. The second kappa shape index (κ2) is 5.95. The first-order valence-corrected chi connectivity index (χ1v) is 6.20. The van der Waals surface area contributed by atoms with Crippen molar-refractivity contribution >= 4 is 10.1 Å². The predicted octanol–water partition coefficient (Wildman–Crippen LogP) is -3.27. The molecule has 1 N–H and O–H groups in total. The van der Waals surface area contributed by atoms with Crippen LogP contribution in [0.1, 0.15) is 26.2 Å². The molecule has 5 nitrogen and oxygen atoms in total. The maximum absolute atomic E-state index is 10.7. The molecule has 1 heterocycles. The Bertz CT molecular complexity index is 285. The van der Waals surface area contributed by atoms with E-state index in [4.69, 9.17) is 0 Å². The van der Waals surface area contributed by atoms with Crippen molar-refractivity contribution in [3.05, 3.63) is 0 Å². The van der Waals surface area contributed by atoms with Crippen LogP contribution in [0, 0.1) is 0 Å².